The topological polar surface area (TPSA) is 66.2 Å². The highest BCUT2D eigenvalue weighted by atomic mass is 16.6. The van der Waals surface area contributed by atoms with Crippen LogP contribution >= 0.6 is 0 Å². The van der Waals surface area contributed by atoms with Gasteiger partial charge < -0.3 is 9.47 Å². The second-order valence-electron chi connectivity index (χ2n) is 5.39. The average Bonchev–Trinajstić information content (AvgIpc) is 3.05. The van der Waals surface area contributed by atoms with Crippen molar-refractivity contribution in [2.24, 2.45) is 0 Å². The van der Waals surface area contributed by atoms with E-state index in [4.69, 9.17) is 9.47 Å². The van der Waals surface area contributed by atoms with Crippen molar-refractivity contribution in [2.45, 2.75) is 26.0 Å². The maximum Gasteiger partial charge on any atom is 0.340 e. The summed E-state index contributed by atoms with van der Waals surface area (Å²) in [5.41, 5.74) is 2.02. The highest BCUT2D eigenvalue weighted by Gasteiger charge is 2.19. The second-order valence-corrected chi connectivity index (χ2v) is 5.39. The van der Waals surface area contributed by atoms with Crippen molar-refractivity contribution in [1.82, 2.24) is 15.0 Å². The zero-order valence-corrected chi connectivity index (χ0v) is 13.7. The minimum absolute atomic E-state index is 0.405. The van der Waals surface area contributed by atoms with Crippen molar-refractivity contribution in [2.75, 3.05) is 7.11 Å². The van der Waals surface area contributed by atoms with Gasteiger partial charge in [-0.15, -0.1) is 15.0 Å². The quantitative estimate of drug-likeness (QED) is 0.648. The molecule has 1 atom stereocenters. The fourth-order valence-electron chi connectivity index (χ4n) is 2.39. The van der Waals surface area contributed by atoms with Gasteiger partial charge in [-0.3, -0.25) is 0 Å². The minimum atomic E-state index is -0.531. The molecule has 1 aromatic heterocycles. The molecule has 0 spiro atoms. The van der Waals surface area contributed by atoms with E-state index >= 15 is 0 Å². The third kappa shape index (κ3) is 3.37. The summed E-state index contributed by atoms with van der Waals surface area (Å²) in [6.45, 7) is 2.03. The van der Waals surface area contributed by atoms with E-state index in [0.717, 1.165) is 17.5 Å². The fourth-order valence-corrected chi connectivity index (χ4v) is 2.39. The Morgan fingerprint density at radius 2 is 1.71 bits per heavy atom. The molecule has 0 aliphatic rings. The van der Waals surface area contributed by atoms with Crippen molar-refractivity contribution in [3.8, 4) is 5.75 Å². The van der Waals surface area contributed by atoms with Gasteiger partial charge in [0.15, 0.2) is 0 Å². The molecule has 0 bridgehead atoms. The lowest BCUT2D eigenvalue weighted by molar-refractivity contribution is -0.00395. The average molecular weight is 325 g/mol. The number of aromatic nitrogens is 3. The highest BCUT2D eigenvalue weighted by Crippen LogP contribution is 2.20. The van der Waals surface area contributed by atoms with Gasteiger partial charge in [0, 0.05) is 6.42 Å². The summed E-state index contributed by atoms with van der Waals surface area (Å²) in [5, 5.41) is 8.83. The summed E-state index contributed by atoms with van der Waals surface area (Å²) < 4.78 is 10.7. The Kier molecular flexibility index (Phi) is 4.74. The Bertz CT molecular complexity index is 794. The first kappa shape index (κ1) is 16.0. The molecule has 0 radical (unpaired) electrons. The second kappa shape index (κ2) is 7.12. The number of methoxy groups -OCH3 is 1. The zero-order chi connectivity index (χ0) is 16.9. The maximum atomic E-state index is 12.4. The van der Waals surface area contributed by atoms with Gasteiger partial charge in [0.25, 0.3) is 0 Å². The summed E-state index contributed by atoms with van der Waals surface area (Å²) in [4.78, 5) is 13.9. The molecule has 1 heterocycles. The molecule has 0 amide bonds. The molecular formula is C18H19N3O3. The number of rotatable bonds is 6. The Morgan fingerprint density at radius 1 is 1.08 bits per heavy atom. The van der Waals surface area contributed by atoms with Crippen LogP contribution in [0.1, 0.15) is 36.4 Å². The van der Waals surface area contributed by atoms with Crippen molar-refractivity contribution in [1.29, 1.82) is 0 Å². The monoisotopic (exact) mass is 325 g/mol. The third-order valence-electron chi connectivity index (χ3n) is 3.66. The number of hydrogen-bond donors (Lipinski definition) is 0. The van der Waals surface area contributed by atoms with Gasteiger partial charge in [-0.05, 0) is 36.4 Å². The molecule has 0 aliphatic heterocycles. The van der Waals surface area contributed by atoms with Crippen molar-refractivity contribution >= 4 is 17.0 Å². The highest BCUT2D eigenvalue weighted by molar-refractivity contribution is 5.89. The van der Waals surface area contributed by atoms with E-state index in [-0.39, 0.29) is 0 Å². The third-order valence-corrected chi connectivity index (χ3v) is 3.66. The molecule has 1 unspecified atom stereocenters. The van der Waals surface area contributed by atoms with Crippen LogP contribution in [0.5, 0.6) is 5.75 Å². The molecule has 3 rings (SSSR count). The molecular weight excluding hydrogens is 306 g/mol. The standard InChI is InChI=1S/C18H19N3O3/c1-3-6-17(21-19-15-7-4-5-8-16(15)20-21)24-18(22)13-9-11-14(23-2)12-10-13/h4-5,7-12,17H,3,6H2,1-2H3. The molecule has 0 saturated heterocycles. The van der Waals surface area contributed by atoms with Crippen molar-refractivity contribution < 1.29 is 14.3 Å². The van der Waals surface area contributed by atoms with Gasteiger partial charge in [-0.25, -0.2) is 4.79 Å². The molecule has 0 aliphatic carbocycles. The number of nitrogens with zero attached hydrogens (tertiary/aromatic N) is 3. The lowest BCUT2D eigenvalue weighted by Gasteiger charge is -2.16. The van der Waals surface area contributed by atoms with E-state index in [1.807, 2.05) is 31.2 Å². The van der Waals surface area contributed by atoms with E-state index < -0.39 is 12.2 Å². The first-order valence-corrected chi connectivity index (χ1v) is 7.88. The van der Waals surface area contributed by atoms with Gasteiger partial charge in [0.2, 0.25) is 6.23 Å². The summed E-state index contributed by atoms with van der Waals surface area (Å²) in [6, 6.07) is 14.4. The summed E-state index contributed by atoms with van der Waals surface area (Å²) in [7, 11) is 1.58. The summed E-state index contributed by atoms with van der Waals surface area (Å²) >= 11 is 0. The molecule has 24 heavy (non-hydrogen) atoms. The normalized spacial score (nSPS) is 12.1. The Labute approximate surface area is 140 Å². The van der Waals surface area contributed by atoms with E-state index in [9.17, 15) is 4.79 Å². The first-order chi connectivity index (χ1) is 11.7. The Hall–Kier alpha value is -2.89. The molecule has 3 aromatic rings. The van der Waals surface area contributed by atoms with Crippen LogP contribution in [-0.4, -0.2) is 28.1 Å². The molecule has 6 heteroatoms. The minimum Gasteiger partial charge on any atom is -0.497 e. The number of fused-ring (bicyclic) bond motifs is 1. The largest absolute Gasteiger partial charge is 0.497 e. The van der Waals surface area contributed by atoms with Crippen molar-refractivity contribution in [3.63, 3.8) is 0 Å². The number of carbonyl (C=O) groups is 1. The van der Waals surface area contributed by atoms with Crippen LogP contribution in [0.4, 0.5) is 0 Å². The first-order valence-electron chi connectivity index (χ1n) is 7.88. The summed E-state index contributed by atoms with van der Waals surface area (Å²) in [5.74, 6) is 0.286. The molecule has 0 fully saturated rings. The van der Waals surface area contributed by atoms with Crippen LogP contribution in [0.2, 0.25) is 0 Å². The number of esters is 1. The molecule has 0 saturated carbocycles. The SMILES string of the molecule is CCCC(OC(=O)c1ccc(OC)cc1)n1nc2ccccc2n1. The molecule has 6 nitrogen and oxygen atoms in total. The number of carbonyl (C=O) groups excluding carboxylic acids is 1. The van der Waals surface area contributed by atoms with Crippen LogP contribution in [0.3, 0.4) is 0 Å². The number of hydrogen-bond acceptors (Lipinski definition) is 5. The van der Waals surface area contributed by atoms with Gasteiger partial charge >= 0.3 is 5.97 Å². The molecule has 124 valence electrons. The van der Waals surface area contributed by atoms with E-state index in [2.05, 4.69) is 10.2 Å². The van der Waals surface area contributed by atoms with Gasteiger partial charge in [0.1, 0.15) is 16.8 Å². The molecule has 2 aromatic carbocycles. The van der Waals surface area contributed by atoms with Crippen LogP contribution < -0.4 is 4.74 Å². The Balaban J connectivity index is 1.80. The summed E-state index contributed by atoms with van der Waals surface area (Å²) in [6.07, 6.45) is 0.957. The Morgan fingerprint density at radius 3 is 2.25 bits per heavy atom. The van der Waals surface area contributed by atoms with E-state index in [0.29, 0.717) is 17.7 Å². The van der Waals surface area contributed by atoms with Crippen LogP contribution in [0.25, 0.3) is 11.0 Å². The van der Waals surface area contributed by atoms with E-state index in [1.54, 1.807) is 31.4 Å². The van der Waals surface area contributed by atoms with Gasteiger partial charge in [0.05, 0.1) is 12.7 Å². The smallest absolute Gasteiger partial charge is 0.340 e. The van der Waals surface area contributed by atoms with E-state index in [1.165, 1.54) is 4.80 Å². The predicted octanol–water partition coefficient (Wildman–Crippen LogP) is 3.60. The van der Waals surface area contributed by atoms with Crippen LogP contribution in [0.15, 0.2) is 48.5 Å². The van der Waals surface area contributed by atoms with Crippen LogP contribution in [0, 0.1) is 0 Å². The molecule has 0 N–H and O–H groups in total. The maximum absolute atomic E-state index is 12.4. The van der Waals surface area contributed by atoms with Crippen LogP contribution in [-0.2, 0) is 4.74 Å². The lowest BCUT2D eigenvalue weighted by Crippen LogP contribution is -2.19. The van der Waals surface area contributed by atoms with Crippen molar-refractivity contribution in [3.05, 3.63) is 54.1 Å². The number of ether oxygens (including phenoxy) is 2. The number of benzene rings is 2. The van der Waals surface area contributed by atoms with Gasteiger partial charge in [-0.2, -0.15) is 0 Å². The van der Waals surface area contributed by atoms with Gasteiger partial charge in [-0.1, -0.05) is 25.5 Å². The zero-order valence-electron chi connectivity index (χ0n) is 13.7. The lowest BCUT2D eigenvalue weighted by atomic mass is 10.2. The predicted molar refractivity (Wildman–Crippen MR) is 89.9 cm³/mol. The fraction of sp³-hybridized carbons (Fsp3) is 0.278.